The Hall–Kier alpha value is -1.62. The number of piperazine rings is 1. The molecule has 1 heterocycles. The van der Waals surface area contributed by atoms with Gasteiger partial charge in [0.05, 0.1) is 0 Å². The van der Waals surface area contributed by atoms with E-state index in [0.717, 1.165) is 25.2 Å². The first kappa shape index (κ1) is 19.7. The Labute approximate surface area is 150 Å². The molecule has 2 rings (SSSR count). The monoisotopic (exact) mass is 350 g/mol. The van der Waals surface area contributed by atoms with Gasteiger partial charge in [0.1, 0.15) is 11.4 Å². The maximum Gasteiger partial charge on any atom is 0.410 e. The first-order chi connectivity index (χ1) is 11.6. The van der Waals surface area contributed by atoms with Crippen LogP contribution in [0.3, 0.4) is 0 Å². The molecule has 1 aliphatic rings. The van der Waals surface area contributed by atoms with Crippen molar-refractivity contribution < 1.29 is 13.9 Å². The zero-order valence-corrected chi connectivity index (χ0v) is 16.3. The lowest BCUT2D eigenvalue weighted by atomic mass is 9.98. The molecule has 0 aliphatic carbocycles. The topological polar surface area (TPSA) is 32.8 Å². The van der Waals surface area contributed by atoms with E-state index in [0.29, 0.717) is 12.1 Å². The number of carbonyl (C=O) groups is 1. The van der Waals surface area contributed by atoms with Crippen LogP contribution in [0.5, 0.6) is 0 Å². The summed E-state index contributed by atoms with van der Waals surface area (Å²) in [5.41, 5.74) is 1.22. The lowest BCUT2D eigenvalue weighted by Crippen LogP contribution is -2.55. The second-order valence-electron chi connectivity index (χ2n) is 8.19. The van der Waals surface area contributed by atoms with Gasteiger partial charge in [-0.25, -0.2) is 9.18 Å². The van der Waals surface area contributed by atoms with Crippen LogP contribution in [-0.2, 0) is 4.74 Å². The van der Waals surface area contributed by atoms with Crippen LogP contribution >= 0.6 is 0 Å². The quantitative estimate of drug-likeness (QED) is 0.820. The fourth-order valence-corrected chi connectivity index (χ4v) is 3.20. The molecule has 1 saturated heterocycles. The van der Waals surface area contributed by atoms with Crippen LogP contribution in [0.2, 0.25) is 0 Å². The Balaban J connectivity index is 1.92. The first-order valence-electron chi connectivity index (χ1n) is 9.05. The predicted molar refractivity (Wildman–Crippen MR) is 98.4 cm³/mol. The number of nitrogens with zero attached hydrogens (tertiary/aromatic N) is 2. The largest absolute Gasteiger partial charge is 0.444 e. The van der Waals surface area contributed by atoms with Gasteiger partial charge in [-0.15, -0.1) is 0 Å². The highest BCUT2D eigenvalue weighted by molar-refractivity contribution is 5.68. The molecule has 2 atom stereocenters. The second-order valence-corrected chi connectivity index (χ2v) is 8.19. The molecule has 1 fully saturated rings. The van der Waals surface area contributed by atoms with Gasteiger partial charge in [-0.3, -0.25) is 4.90 Å². The Kier molecular flexibility index (Phi) is 6.09. The van der Waals surface area contributed by atoms with Gasteiger partial charge in [0, 0.05) is 32.2 Å². The normalized spacial score (nSPS) is 20.4. The van der Waals surface area contributed by atoms with Gasteiger partial charge in [-0.2, -0.15) is 0 Å². The summed E-state index contributed by atoms with van der Waals surface area (Å²) in [6.45, 7) is 14.7. The van der Waals surface area contributed by atoms with Crippen LogP contribution in [0.1, 0.15) is 51.7 Å². The molecule has 1 amide bonds. The third-order valence-corrected chi connectivity index (χ3v) is 4.64. The Morgan fingerprint density at radius 1 is 1.36 bits per heavy atom. The van der Waals surface area contributed by atoms with Crippen LogP contribution in [0.15, 0.2) is 18.2 Å². The SMILES string of the molecule is Cc1ccc([C@@H](C)CN2CCN(C(=O)OC(C)(C)C)[C@H](C)C2)cc1F. The van der Waals surface area contributed by atoms with Crippen molar-refractivity contribution in [3.05, 3.63) is 35.1 Å². The highest BCUT2D eigenvalue weighted by atomic mass is 19.1. The third-order valence-electron chi connectivity index (χ3n) is 4.64. The summed E-state index contributed by atoms with van der Waals surface area (Å²) in [6.07, 6.45) is -0.242. The standard InChI is InChI=1S/C20H31FN2O2/c1-14-7-8-17(11-18(14)21)15(2)12-22-9-10-23(16(3)13-22)19(24)25-20(4,5)6/h7-8,11,15-16H,9-10,12-13H2,1-6H3/t15-,16+/m0/s1. The maximum absolute atomic E-state index is 13.8. The highest BCUT2D eigenvalue weighted by Crippen LogP contribution is 2.22. The van der Waals surface area contributed by atoms with Gasteiger partial charge in [-0.1, -0.05) is 19.1 Å². The van der Waals surface area contributed by atoms with Gasteiger partial charge in [0.15, 0.2) is 0 Å². The molecule has 1 aromatic rings. The van der Waals surface area contributed by atoms with E-state index in [2.05, 4.69) is 11.8 Å². The lowest BCUT2D eigenvalue weighted by molar-refractivity contribution is 0.00102. The van der Waals surface area contributed by atoms with Crippen molar-refractivity contribution in [3.63, 3.8) is 0 Å². The van der Waals surface area contributed by atoms with Gasteiger partial charge in [0.25, 0.3) is 0 Å². The first-order valence-corrected chi connectivity index (χ1v) is 9.05. The summed E-state index contributed by atoms with van der Waals surface area (Å²) in [7, 11) is 0. The summed E-state index contributed by atoms with van der Waals surface area (Å²) < 4.78 is 19.3. The Morgan fingerprint density at radius 3 is 2.60 bits per heavy atom. The van der Waals surface area contributed by atoms with E-state index in [1.807, 2.05) is 39.8 Å². The predicted octanol–water partition coefficient (Wildman–Crippen LogP) is 4.18. The fraction of sp³-hybridized carbons (Fsp3) is 0.650. The molecule has 1 aromatic carbocycles. The number of carbonyl (C=O) groups excluding carboxylic acids is 1. The van der Waals surface area contributed by atoms with Crippen LogP contribution in [0.4, 0.5) is 9.18 Å². The molecule has 0 aromatic heterocycles. The minimum absolute atomic E-state index is 0.102. The van der Waals surface area contributed by atoms with E-state index in [1.165, 1.54) is 0 Å². The van der Waals surface area contributed by atoms with Crippen molar-refractivity contribution in [1.82, 2.24) is 9.80 Å². The van der Waals surface area contributed by atoms with Gasteiger partial charge in [-0.05, 0) is 57.7 Å². The minimum atomic E-state index is -0.474. The number of amides is 1. The van der Waals surface area contributed by atoms with E-state index in [9.17, 15) is 9.18 Å². The molecular formula is C20H31FN2O2. The average Bonchev–Trinajstić information content (AvgIpc) is 2.48. The van der Waals surface area contributed by atoms with Crippen molar-refractivity contribution >= 4 is 6.09 Å². The molecule has 5 heteroatoms. The molecule has 0 bridgehead atoms. The van der Waals surface area contributed by atoms with Crippen molar-refractivity contribution in [2.24, 2.45) is 0 Å². The third kappa shape index (κ3) is 5.43. The maximum atomic E-state index is 13.8. The smallest absolute Gasteiger partial charge is 0.410 e. The Bertz CT molecular complexity index is 612. The van der Waals surface area contributed by atoms with Crippen LogP contribution < -0.4 is 0 Å². The van der Waals surface area contributed by atoms with Crippen molar-refractivity contribution in [2.75, 3.05) is 26.2 Å². The zero-order chi connectivity index (χ0) is 18.8. The molecule has 0 N–H and O–H groups in total. The van der Waals surface area contributed by atoms with E-state index in [-0.39, 0.29) is 23.9 Å². The molecule has 140 valence electrons. The summed E-state index contributed by atoms with van der Waals surface area (Å²) in [4.78, 5) is 16.4. The number of rotatable bonds is 3. The number of benzene rings is 1. The van der Waals surface area contributed by atoms with Crippen molar-refractivity contribution in [1.29, 1.82) is 0 Å². The van der Waals surface area contributed by atoms with Crippen LogP contribution in [-0.4, -0.2) is 53.7 Å². The lowest BCUT2D eigenvalue weighted by Gasteiger charge is -2.41. The van der Waals surface area contributed by atoms with Gasteiger partial charge >= 0.3 is 6.09 Å². The average molecular weight is 350 g/mol. The summed E-state index contributed by atoms with van der Waals surface area (Å²) in [6, 6.07) is 5.58. The zero-order valence-electron chi connectivity index (χ0n) is 16.3. The van der Waals surface area contributed by atoms with E-state index in [1.54, 1.807) is 17.9 Å². The molecule has 0 spiro atoms. The number of aryl methyl sites for hydroxylation is 1. The summed E-state index contributed by atoms with van der Waals surface area (Å²) >= 11 is 0. The molecular weight excluding hydrogens is 319 g/mol. The van der Waals surface area contributed by atoms with E-state index in [4.69, 9.17) is 4.74 Å². The van der Waals surface area contributed by atoms with Crippen LogP contribution in [0.25, 0.3) is 0 Å². The summed E-state index contributed by atoms with van der Waals surface area (Å²) in [5.74, 6) is 0.0999. The second kappa shape index (κ2) is 7.73. The molecule has 25 heavy (non-hydrogen) atoms. The number of halogens is 1. The molecule has 0 radical (unpaired) electrons. The molecule has 0 unspecified atom stereocenters. The fourth-order valence-electron chi connectivity index (χ4n) is 3.20. The minimum Gasteiger partial charge on any atom is -0.444 e. The molecule has 0 saturated carbocycles. The number of hydrogen-bond donors (Lipinski definition) is 0. The summed E-state index contributed by atoms with van der Waals surface area (Å²) in [5, 5.41) is 0. The van der Waals surface area contributed by atoms with E-state index >= 15 is 0 Å². The van der Waals surface area contributed by atoms with Crippen LogP contribution in [0, 0.1) is 12.7 Å². The molecule has 4 nitrogen and oxygen atoms in total. The van der Waals surface area contributed by atoms with Crippen molar-refractivity contribution in [2.45, 2.75) is 59.1 Å². The molecule has 1 aliphatic heterocycles. The van der Waals surface area contributed by atoms with E-state index < -0.39 is 5.60 Å². The highest BCUT2D eigenvalue weighted by Gasteiger charge is 2.31. The van der Waals surface area contributed by atoms with Gasteiger partial charge in [0.2, 0.25) is 0 Å². The number of hydrogen-bond acceptors (Lipinski definition) is 3. The van der Waals surface area contributed by atoms with Gasteiger partial charge < -0.3 is 9.64 Å². The Morgan fingerprint density at radius 2 is 2.04 bits per heavy atom. The van der Waals surface area contributed by atoms with Crippen molar-refractivity contribution in [3.8, 4) is 0 Å². The number of ether oxygens (including phenoxy) is 1.